The van der Waals surface area contributed by atoms with E-state index < -0.39 is 5.97 Å². The molecule has 0 bridgehead atoms. The maximum atomic E-state index is 11.0. The quantitative estimate of drug-likeness (QED) is 0.637. The normalized spacial score (nSPS) is 19.1. The minimum atomic E-state index is -0.762. The second kappa shape index (κ2) is 6.47. The highest BCUT2D eigenvalue weighted by molar-refractivity contribution is 5.66. The first-order valence-electron chi connectivity index (χ1n) is 6.72. The first-order valence-corrected chi connectivity index (χ1v) is 6.72. The first kappa shape index (κ1) is 14.5. The summed E-state index contributed by atoms with van der Waals surface area (Å²) < 4.78 is 0. The Kier molecular flexibility index (Phi) is 4.68. The van der Waals surface area contributed by atoms with Gasteiger partial charge in [0.15, 0.2) is 0 Å². The molecule has 6 heteroatoms. The maximum absolute atomic E-state index is 11.0. The van der Waals surface area contributed by atoms with Crippen molar-refractivity contribution >= 4 is 11.7 Å². The molecule has 1 heterocycles. The topological polar surface area (TPSA) is 83.7 Å². The van der Waals surface area contributed by atoms with E-state index >= 15 is 0 Å². The van der Waals surface area contributed by atoms with Gasteiger partial charge < -0.3 is 5.11 Å². The van der Waals surface area contributed by atoms with E-state index in [0.29, 0.717) is 18.9 Å². The third kappa shape index (κ3) is 3.77. The van der Waals surface area contributed by atoms with E-state index in [9.17, 15) is 14.9 Å². The zero-order valence-electron chi connectivity index (χ0n) is 11.2. The molecule has 1 aliphatic rings. The molecule has 1 unspecified atom stereocenters. The smallest absolute Gasteiger partial charge is 0.303 e. The van der Waals surface area contributed by atoms with Crippen molar-refractivity contribution in [1.29, 1.82) is 0 Å². The van der Waals surface area contributed by atoms with Gasteiger partial charge in [-0.15, -0.1) is 0 Å². The van der Waals surface area contributed by atoms with Gasteiger partial charge in [-0.2, -0.15) is 0 Å². The number of carboxylic acid groups (broad SMARTS) is 1. The Morgan fingerprint density at radius 3 is 2.90 bits per heavy atom. The lowest BCUT2D eigenvalue weighted by molar-refractivity contribution is -0.385. The molecular weight excluding hydrogens is 260 g/mol. The number of hydrogen-bond acceptors (Lipinski definition) is 4. The van der Waals surface area contributed by atoms with E-state index in [4.69, 9.17) is 5.11 Å². The van der Waals surface area contributed by atoms with Crippen molar-refractivity contribution in [2.45, 2.75) is 25.8 Å². The Hall–Kier alpha value is -1.95. The van der Waals surface area contributed by atoms with Gasteiger partial charge >= 0.3 is 5.97 Å². The fourth-order valence-corrected chi connectivity index (χ4v) is 2.68. The van der Waals surface area contributed by atoms with E-state index in [-0.39, 0.29) is 17.0 Å². The van der Waals surface area contributed by atoms with E-state index in [1.54, 1.807) is 18.2 Å². The van der Waals surface area contributed by atoms with Crippen LogP contribution in [0.2, 0.25) is 0 Å². The van der Waals surface area contributed by atoms with Crippen LogP contribution < -0.4 is 0 Å². The predicted molar refractivity (Wildman–Crippen MR) is 73.4 cm³/mol. The predicted octanol–water partition coefficient (Wildman–Crippen LogP) is 2.28. The average molecular weight is 278 g/mol. The Balaban J connectivity index is 1.92. The highest BCUT2D eigenvalue weighted by atomic mass is 16.6. The van der Waals surface area contributed by atoms with Crippen LogP contribution >= 0.6 is 0 Å². The number of aliphatic carboxylic acids is 1. The zero-order chi connectivity index (χ0) is 14.5. The van der Waals surface area contributed by atoms with Gasteiger partial charge in [-0.1, -0.05) is 18.2 Å². The fourth-order valence-electron chi connectivity index (χ4n) is 2.68. The van der Waals surface area contributed by atoms with Crippen molar-refractivity contribution in [3.05, 3.63) is 39.9 Å². The van der Waals surface area contributed by atoms with Gasteiger partial charge in [-0.25, -0.2) is 0 Å². The molecule has 0 saturated carbocycles. The van der Waals surface area contributed by atoms with Gasteiger partial charge in [0.05, 0.1) is 4.92 Å². The van der Waals surface area contributed by atoms with Crippen molar-refractivity contribution in [3.8, 4) is 0 Å². The van der Waals surface area contributed by atoms with Crippen molar-refractivity contribution in [1.82, 2.24) is 4.90 Å². The van der Waals surface area contributed by atoms with Crippen LogP contribution in [0, 0.1) is 16.0 Å². The summed E-state index contributed by atoms with van der Waals surface area (Å²) in [5, 5.41) is 19.6. The second-order valence-corrected chi connectivity index (χ2v) is 5.21. The molecule has 1 atom stereocenters. The number of para-hydroxylation sites is 1. The highest BCUT2D eigenvalue weighted by Crippen LogP contribution is 2.25. The molecule has 0 aromatic heterocycles. The summed E-state index contributed by atoms with van der Waals surface area (Å²) in [6.07, 6.45) is 1.85. The standard InChI is InChI=1S/C14H18N2O4/c17-14(18)6-5-11-7-8-15(9-11)10-12-3-1-2-4-13(12)16(19)20/h1-4,11H,5-10H2,(H,17,18). The van der Waals surface area contributed by atoms with Gasteiger partial charge in [0.1, 0.15) is 0 Å². The summed E-state index contributed by atoms with van der Waals surface area (Å²) in [5.74, 6) is -0.379. The molecule has 2 rings (SSSR count). The van der Waals surface area contributed by atoms with Crippen LogP contribution in [0.25, 0.3) is 0 Å². The van der Waals surface area contributed by atoms with Crippen LogP contribution in [-0.4, -0.2) is 34.0 Å². The third-order valence-corrected chi connectivity index (χ3v) is 3.72. The zero-order valence-corrected chi connectivity index (χ0v) is 11.2. The monoisotopic (exact) mass is 278 g/mol. The largest absolute Gasteiger partial charge is 0.481 e. The van der Waals surface area contributed by atoms with Gasteiger partial charge in [0.25, 0.3) is 5.69 Å². The van der Waals surface area contributed by atoms with Crippen molar-refractivity contribution < 1.29 is 14.8 Å². The first-order chi connectivity index (χ1) is 9.56. The molecule has 1 N–H and O–H groups in total. The van der Waals surface area contributed by atoms with Gasteiger partial charge in [0.2, 0.25) is 0 Å². The van der Waals surface area contributed by atoms with Crippen LogP contribution in [0.3, 0.4) is 0 Å². The summed E-state index contributed by atoms with van der Waals surface area (Å²) in [4.78, 5) is 23.3. The Morgan fingerprint density at radius 1 is 1.45 bits per heavy atom. The van der Waals surface area contributed by atoms with E-state index in [2.05, 4.69) is 4.90 Å². The number of rotatable bonds is 6. The van der Waals surface area contributed by atoms with Crippen LogP contribution in [0.15, 0.2) is 24.3 Å². The van der Waals surface area contributed by atoms with E-state index in [1.807, 2.05) is 0 Å². The lowest BCUT2D eigenvalue weighted by atomic mass is 10.0. The van der Waals surface area contributed by atoms with Gasteiger partial charge in [0, 0.05) is 31.1 Å². The van der Waals surface area contributed by atoms with Gasteiger partial charge in [-0.05, 0) is 25.3 Å². The fraction of sp³-hybridized carbons (Fsp3) is 0.500. The SMILES string of the molecule is O=C(O)CCC1CCN(Cc2ccccc2[N+](=O)[O-])C1. The summed E-state index contributed by atoms with van der Waals surface area (Å²) in [7, 11) is 0. The minimum absolute atomic E-state index is 0.154. The number of nitro groups is 1. The molecule has 108 valence electrons. The van der Waals surface area contributed by atoms with E-state index in [1.165, 1.54) is 6.07 Å². The number of carbonyl (C=O) groups is 1. The lowest BCUT2D eigenvalue weighted by Gasteiger charge is -2.15. The average Bonchev–Trinajstić information content (AvgIpc) is 2.84. The summed E-state index contributed by atoms with van der Waals surface area (Å²) >= 11 is 0. The van der Waals surface area contributed by atoms with Crippen molar-refractivity contribution in [2.24, 2.45) is 5.92 Å². The minimum Gasteiger partial charge on any atom is -0.481 e. The Morgan fingerprint density at radius 2 is 2.20 bits per heavy atom. The van der Waals surface area contributed by atoms with Crippen LogP contribution in [0.5, 0.6) is 0 Å². The van der Waals surface area contributed by atoms with Crippen LogP contribution in [0.4, 0.5) is 5.69 Å². The number of carboxylic acids is 1. The molecule has 1 fully saturated rings. The molecule has 20 heavy (non-hydrogen) atoms. The number of hydrogen-bond donors (Lipinski definition) is 1. The molecule has 0 amide bonds. The van der Waals surface area contributed by atoms with Crippen LogP contribution in [-0.2, 0) is 11.3 Å². The molecule has 1 aliphatic heterocycles. The molecule has 0 spiro atoms. The Bertz CT molecular complexity index is 504. The van der Waals surface area contributed by atoms with Gasteiger partial charge in [-0.3, -0.25) is 19.8 Å². The molecule has 1 aromatic rings. The van der Waals surface area contributed by atoms with E-state index in [0.717, 1.165) is 25.1 Å². The van der Waals surface area contributed by atoms with Crippen molar-refractivity contribution in [2.75, 3.05) is 13.1 Å². The number of nitrogens with zero attached hydrogens (tertiary/aromatic N) is 2. The summed E-state index contributed by atoms with van der Waals surface area (Å²) in [5.41, 5.74) is 0.873. The number of nitro benzene ring substituents is 1. The molecule has 0 aliphatic carbocycles. The molecule has 1 saturated heterocycles. The highest BCUT2D eigenvalue weighted by Gasteiger charge is 2.24. The Labute approximate surface area is 117 Å². The maximum Gasteiger partial charge on any atom is 0.303 e. The van der Waals surface area contributed by atoms with Crippen molar-refractivity contribution in [3.63, 3.8) is 0 Å². The molecular formula is C14H18N2O4. The molecule has 0 radical (unpaired) electrons. The summed E-state index contributed by atoms with van der Waals surface area (Å²) in [6, 6.07) is 6.78. The molecule has 6 nitrogen and oxygen atoms in total. The lowest BCUT2D eigenvalue weighted by Crippen LogP contribution is -2.21. The summed E-state index contributed by atoms with van der Waals surface area (Å²) in [6.45, 7) is 2.25. The second-order valence-electron chi connectivity index (χ2n) is 5.21. The number of benzene rings is 1. The number of likely N-dealkylation sites (tertiary alicyclic amines) is 1. The molecule has 1 aromatic carbocycles. The third-order valence-electron chi connectivity index (χ3n) is 3.72. The van der Waals surface area contributed by atoms with Crippen LogP contribution in [0.1, 0.15) is 24.8 Å².